The Labute approximate surface area is 313 Å². The third-order valence-corrected chi connectivity index (χ3v) is 8.78. The van der Waals surface area contributed by atoms with E-state index in [1.165, 1.54) is 12.1 Å². The first-order valence-corrected chi connectivity index (χ1v) is 17.8. The molecule has 0 saturated heterocycles. The van der Waals surface area contributed by atoms with Crippen molar-refractivity contribution in [1.29, 1.82) is 0 Å². The zero-order valence-corrected chi connectivity index (χ0v) is 31.7. The van der Waals surface area contributed by atoms with Gasteiger partial charge in [0.15, 0.2) is 11.6 Å². The number of unbranched alkanes of at least 4 members (excludes halogenated alkanes) is 2. The fourth-order valence-electron chi connectivity index (χ4n) is 5.45. The first-order chi connectivity index (χ1) is 25.4. The van der Waals surface area contributed by atoms with Crippen molar-refractivity contribution in [3.63, 3.8) is 0 Å². The molecule has 5 aromatic rings. The Morgan fingerprint density at radius 1 is 0.755 bits per heavy atom. The number of aliphatic hydroxyl groups is 2. The summed E-state index contributed by atoms with van der Waals surface area (Å²) in [5, 5.41) is 29.3. The van der Waals surface area contributed by atoms with Crippen molar-refractivity contribution in [2.75, 3.05) is 43.4 Å². The molecule has 0 aliphatic carbocycles. The molecule has 0 unspecified atom stereocenters. The monoisotopic (exact) mass is 755 g/mol. The fraction of sp³-hybridized carbons (Fsp3) is 0.459. The lowest BCUT2D eigenvalue weighted by molar-refractivity contribution is 0.212. The number of benzene rings is 1. The molecule has 0 radical (unpaired) electrons. The van der Waals surface area contributed by atoms with Crippen molar-refractivity contribution < 1.29 is 28.5 Å². The summed E-state index contributed by atoms with van der Waals surface area (Å²) in [5.41, 5.74) is 1.30. The number of anilines is 3. The molecule has 1 aromatic carbocycles. The molecule has 5 rings (SSSR count). The summed E-state index contributed by atoms with van der Waals surface area (Å²) >= 11 is 5.88. The number of nitrogens with one attached hydrogen (secondary N) is 3. The smallest absolute Gasteiger partial charge is 0.225 e. The van der Waals surface area contributed by atoms with Crippen molar-refractivity contribution in [2.24, 2.45) is 0 Å². The molecule has 0 saturated carbocycles. The summed E-state index contributed by atoms with van der Waals surface area (Å²) in [5.74, 6) is 1.53. The average molecular weight is 756 g/mol. The zero-order valence-electron chi connectivity index (χ0n) is 30.9. The maximum Gasteiger partial charge on any atom is 0.225 e. The topological polar surface area (TPSA) is 172 Å². The number of hydrogen-bond donors (Lipinski definition) is 5. The number of nitrogens with zero attached hydrogens (tertiary/aromatic N) is 6. The van der Waals surface area contributed by atoms with Gasteiger partial charge in [-0.15, -0.1) is 0 Å². The SMILES string of the molecule is CCCC[C@](C)(CO)Nc1nc(Cl)nc2cc(F)cnc12.CCCC[C@](C)(CO)Nc1nc(NCc2ccc(OC)cc2OC)nc2cc(F)cnc12. The molecule has 0 fully saturated rings. The standard InChI is InChI=1S/C23H30FN5O3.C14H18ClFN4O/c1-5-6-9-23(2,14-30)29-21-20-18(10-16(24)13-25-20)27-22(28-21)26-12-15-7-8-17(31-3)11-19(15)32-4;1-3-4-5-14(2,8-21)20-12-11-10(18-13(15)19-12)6-9(16)7-17-11/h7-8,10-11,13,30H,5-6,9,12,14H2,1-4H3,(H2,26,27,28,29);6-7,21H,3-5,8H2,1-2H3,(H,18,19,20)/t23-;14-/m11/s1. The van der Waals surface area contributed by atoms with Gasteiger partial charge in [0.2, 0.25) is 11.2 Å². The number of pyridine rings is 2. The predicted octanol–water partition coefficient (Wildman–Crippen LogP) is 7.32. The molecule has 0 spiro atoms. The summed E-state index contributed by atoms with van der Waals surface area (Å²) in [6.45, 7) is 8.25. The van der Waals surface area contributed by atoms with Crippen molar-refractivity contribution in [3.8, 4) is 11.5 Å². The van der Waals surface area contributed by atoms with Crippen LogP contribution in [0.2, 0.25) is 5.28 Å². The van der Waals surface area contributed by atoms with Crippen LogP contribution in [0, 0.1) is 11.6 Å². The number of aliphatic hydroxyl groups excluding tert-OH is 2. The summed E-state index contributed by atoms with van der Waals surface area (Å²) in [7, 11) is 3.19. The van der Waals surface area contributed by atoms with Crippen LogP contribution in [0.5, 0.6) is 11.5 Å². The Hall–Kier alpha value is -4.73. The van der Waals surface area contributed by atoms with Crippen LogP contribution in [0.15, 0.2) is 42.7 Å². The van der Waals surface area contributed by atoms with Gasteiger partial charge < -0.3 is 35.6 Å². The van der Waals surface area contributed by atoms with Gasteiger partial charge >= 0.3 is 0 Å². The molecule has 0 aliphatic heterocycles. The number of ether oxygens (including phenoxy) is 2. The molecule has 0 bridgehead atoms. The summed E-state index contributed by atoms with van der Waals surface area (Å²) in [4.78, 5) is 25.3. The summed E-state index contributed by atoms with van der Waals surface area (Å²) in [6.07, 6.45) is 7.68. The minimum atomic E-state index is -0.593. The van der Waals surface area contributed by atoms with Gasteiger partial charge in [0.25, 0.3) is 0 Å². The molecular formula is C37H48ClF2N9O4. The van der Waals surface area contributed by atoms with Crippen molar-refractivity contribution in [1.82, 2.24) is 29.9 Å². The highest BCUT2D eigenvalue weighted by Crippen LogP contribution is 2.29. The lowest BCUT2D eigenvalue weighted by Gasteiger charge is -2.29. The molecule has 2 atom stereocenters. The predicted molar refractivity (Wildman–Crippen MR) is 204 cm³/mol. The highest BCUT2D eigenvalue weighted by atomic mass is 35.5. The Morgan fingerprint density at radius 2 is 1.30 bits per heavy atom. The lowest BCUT2D eigenvalue weighted by atomic mass is 9.96. The van der Waals surface area contributed by atoms with Crippen LogP contribution in [0.3, 0.4) is 0 Å². The van der Waals surface area contributed by atoms with Crippen molar-refractivity contribution in [2.45, 2.75) is 83.8 Å². The van der Waals surface area contributed by atoms with E-state index in [4.69, 9.17) is 21.1 Å². The number of rotatable bonds is 17. The average Bonchev–Trinajstić information content (AvgIpc) is 3.15. The number of halogens is 3. The minimum absolute atomic E-state index is 0.00758. The maximum absolute atomic E-state index is 13.9. The van der Waals surface area contributed by atoms with Gasteiger partial charge in [-0.3, -0.25) is 0 Å². The molecule has 4 aromatic heterocycles. The Bertz CT molecular complexity index is 1970. The molecular weight excluding hydrogens is 708 g/mol. The van der Waals surface area contributed by atoms with Gasteiger partial charge in [-0.05, 0) is 50.4 Å². The third-order valence-electron chi connectivity index (χ3n) is 8.61. The van der Waals surface area contributed by atoms with E-state index in [-0.39, 0.29) is 18.5 Å². The van der Waals surface area contributed by atoms with E-state index in [2.05, 4.69) is 59.7 Å². The van der Waals surface area contributed by atoms with E-state index in [0.717, 1.165) is 56.5 Å². The van der Waals surface area contributed by atoms with Crippen LogP contribution in [-0.4, -0.2) is 78.6 Å². The number of methoxy groups -OCH3 is 2. The van der Waals surface area contributed by atoms with Crippen LogP contribution in [-0.2, 0) is 6.54 Å². The van der Waals surface area contributed by atoms with Crippen molar-refractivity contribution >= 4 is 51.3 Å². The van der Waals surface area contributed by atoms with Crippen LogP contribution in [0.1, 0.15) is 71.8 Å². The van der Waals surface area contributed by atoms with E-state index in [1.807, 2.05) is 26.0 Å². The van der Waals surface area contributed by atoms with Gasteiger partial charge in [0.05, 0.1) is 61.9 Å². The van der Waals surface area contributed by atoms with Gasteiger partial charge in [-0.1, -0.05) is 39.5 Å². The Balaban J connectivity index is 0.000000258. The van der Waals surface area contributed by atoms with Gasteiger partial charge in [-0.25, -0.2) is 28.7 Å². The number of aromatic nitrogens is 6. The van der Waals surface area contributed by atoms with Gasteiger partial charge in [0, 0.05) is 30.3 Å². The Morgan fingerprint density at radius 3 is 1.81 bits per heavy atom. The molecule has 53 heavy (non-hydrogen) atoms. The van der Waals surface area contributed by atoms with Gasteiger partial charge in [0.1, 0.15) is 34.2 Å². The second kappa shape index (κ2) is 18.9. The zero-order chi connectivity index (χ0) is 38.6. The third kappa shape index (κ3) is 11.1. The Kier molecular flexibility index (Phi) is 14.6. The second-order valence-electron chi connectivity index (χ2n) is 13.2. The van der Waals surface area contributed by atoms with E-state index in [0.29, 0.717) is 57.7 Å². The van der Waals surface area contributed by atoms with Crippen LogP contribution in [0.4, 0.5) is 26.4 Å². The van der Waals surface area contributed by atoms with Crippen LogP contribution >= 0.6 is 11.6 Å². The molecule has 0 aliphatic rings. The minimum Gasteiger partial charge on any atom is -0.497 e. The van der Waals surface area contributed by atoms with Gasteiger partial charge in [-0.2, -0.15) is 9.97 Å². The second-order valence-corrected chi connectivity index (χ2v) is 13.5. The number of fused-ring (bicyclic) bond motifs is 2. The summed E-state index contributed by atoms with van der Waals surface area (Å²) < 4.78 is 37.8. The highest BCUT2D eigenvalue weighted by molar-refractivity contribution is 6.28. The van der Waals surface area contributed by atoms with Crippen LogP contribution < -0.4 is 25.4 Å². The summed E-state index contributed by atoms with van der Waals surface area (Å²) in [6, 6.07) is 8.10. The molecule has 5 N–H and O–H groups in total. The van der Waals surface area contributed by atoms with E-state index in [1.54, 1.807) is 20.3 Å². The normalized spacial score (nSPS) is 13.4. The molecule has 286 valence electrons. The largest absolute Gasteiger partial charge is 0.497 e. The number of hydrogen-bond acceptors (Lipinski definition) is 13. The van der Waals surface area contributed by atoms with Crippen molar-refractivity contribution in [3.05, 3.63) is 65.2 Å². The van der Waals surface area contributed by atoms with Crippen LogP contribution in [0.25, 0.3) is 22.1 Å². The van der Waals surface area contributed by atoms with E-state index in [9.17, 15) is 19.0 Å². The van der Waals surface area contributed by atoms with E-state index < -0.39 is 22.7 Å². The molecule has 13 nitrogen and oxygen atoms in total. The fourth-order valence-corrected chi connectivity index (χ4v) is 5.63. The quantitative estimate of drug-likeness (QED) is 0.0599. The first-order valence-electron chi connectivity index (χ1n) is 17.4. The molecule has 16 heteroatoms. The molecule has 0 amide bonds. The molecule has 4 heterocycles. The highest BCUT2D eigenvalue weighted by Gasteiger charge is 2.26. The van der Waals surface area contributed by atoms with E-state index >= 15 is 0 Å². The maximum atomic E-state index is 13.9. The first kappa shape index (κ1) is 41.0. The lowest BCUT2D eigenvalue weighted by Crippen LogP contribution is -2.39.